The predicted octanol–water partition coefficient (Wildman–Crippen LogP) is 5.26. The lowest BCUT2D eigenvalue weighted by atomic mass is 10.0. The van der Waals surface area contributed by atoms with E-state index in [2.05, 4.69) is 6.58 Å². The molecule has 37 heavy (non-hydrogen) atoms. The molecule has 1 aliphatic rings. The summed E-state index contributed by atoms with van der Waals surface area (Å²) in [5.41, 5.74) is 3.09. The highest BCUT2D eigenvalue weighted by Gasteiger charge is 2.49. The summed E-state index contributed by atoms with van der Waals surface area (Å²) in [5, 5.41) is 0. The van der Waals surface area contributed by atoms with E-state index in [0.29, 0.717) is 19.8 Å². The smallest absolute Gasteiger partial charge is 0.303 e. The van der Waals surface area contributed by atoms with Gasteiger partial charge in [0.15, 0.2) is 6.10 Å². The van der Waals surface area contributed by atoms with E-state index >= 15 is 0 Å². The van der Waals surface area contributed by atoms with E-state index in [0.717, 1.165) is 16.7 Å². The zero-order chi connectivity index (χ0) is 25.9. The molecule has 6 nitrogen and oxygen atoms in total. The number of rotatable bonds is 13. The standard InChI is InChI=1S/C31H34O6/c1-3-27-29(34-20-25-15-9-5-10-16-25)31(35-21-26-17-11-6-12-18-26)30(37-27)28(36-23(2)32)22-33-19-24-13-7-4-8-14-24/h3-18,27-31H,1,19-22H2,2H3/t27-,28+,29-,30+,31+/m0/s1. The van der Waals surface area contributed by atoms with E-state index in [4.69, 9.17) is 23.7 Å². The third-order valence-electron chi connectivity index (χ3n) is 6.17. The molecule has 5 atom stereocenters. The van der Waals surface area contributed by atoms with Gasteiger partial charge in [0.1, 0.15) is 24.4 Å². The van der Waals surface area contributed by atoms with E-state index < -0.39 is 36.5 Å². The van der Waals surface area contributed by atoms with Crippen LogP contribution in [0.1, 0.15) is 23.6 Å². The maximum atomic E-state index is 12.0. The minimum Gasteiger partial charge on any atom is -0.457 e. The van der Waals surface area contributed by atoms with E-state index in [1.54, 1.807) is 6.08 Å². The normalized spacial score (nSPS) is 21.9. The zero-order valence-electron chi connectivity index (χ0n) is 21.1. The lowest BCUT2D eigenvalue weighted by molar-refractivity contribution is -0.167. The van der Waals surface area contributed by atoms with Crippen molar-refractivity contribution in [1.82, 2.24) is 0 Å². The van der Waals surface area contributed by atoms with Crippen LogP contribution in [0.15, 0.2) is 104 Å². The van der Waals surface area contributed by atoms with Crippen LogP contribution in [0.4, 0.5) is 0 Å². The van der Waals surface area contributed by atoms with E-state index in [1.165, 1.54) is 6.92 Å². The lowest BCUT2D eigenvalue weighted by Gasteiger charge is -2.29. The Morgan fingerprint density at radius 3 is 1.78 bits per heavy atom. The summed E-state index contributed by atoms with van der Waals surface area (Å²) >= 11 is 0. The first-order valence-corrected chi connectivity index (χ1v) is 12.5. The van der Waals surface area contributed by atoms with E-state index in [-0.39, 0.29) is 6.61 Å². The molecule has 1 fully saturated rings. The fraction of sp³-hybridized carbons (Fsp3) is 0.323. The van der Waals surface area contributed by atoms with Crippen LogP contribution in [-0.4, -0.2) is 43.1 Å². The molecule has 0 amide bonds. The van der Waals surface area contributed by atoms with Crippen molar-refractivity contribution >= 4 is 5.97 Å². The fourth-order valence-electron chi connectivity index (χ4n) is 4.39. The summed E-state index contributed by atoms with van der Waals surface area (Å²) < 4.78 is 30.8. The number of hydrogen-bond donors (Lipinski definition) is 0. The Balaban J connectivity index is 1.52. The summed E-state index contributed by atoms with van der Waals surface area (Å²) in [5.74, 6) is -0.414. The molecular weight excluding hydrogens is 468 g/mol. The Kier molecular flexibility index (Phi) is 10.0. The number of benzene rings is 3. The van der Waals surface area contributed by atoms with Gasteiger partial charge in [-0.2, -0.15) is 0 Å². The van der Waals surface area contributed by atoms with Gasteiger partial charge >= 0.3 is 5.97 Å². The van der Waals surface area contributed by atoms with Gasteiger partial charge in [0.25, 0.3) is 0 Å². The van der Waals surface area contributed by atoms with Gasteiger partial charge in [-0.1, -0.05) is 97.1 Å². The minimum atomic E-state index is -0.685. The molecule has 3 aromatic carbocycles. The molecule has 3 aromatic rings. The van der Waals surface area contributed by atoms with Crippen LogP contribution in [-0.2, 0) is 48.3 Å². The van der Waals surface area contributed by atoms with Gasteiger partial charge in [0.2, 0.25) is 0 Å². The highest BCUT2D eigenvalue weighted by Crippen LogP contribution is 2.32. The monoisotopic (exact) mass is 502 g/mol. The van der Waals surface area contributed by atoms with Gasteiger partial charge in [0.05, 0.1) is 26.4 Å². The maximum absolute atomic E-state index is 12.0. The fourth-order valence-corrected chi connectivity index (χ4v) is 4.39. The van der Waals surface area contributed by atoms with Gasteiger partial charge in [-0.15, -0.1) is 6.58 Å². The molecule has 0 bridgehead atoms. The Morgan fingerprint density at radius 1 is 0.811 bits per heavy atom. The first kappa shape index (κ1) is 26.8. The highest BCUT2D eigenvalue weighted by atomic mass is 16.6. The number of carbonyl (C=O) groups is 1. The SMILES string of the molecule is C=C[C@@H]1O[C@H]([C@@H](COCc2ccccc2)OC(C)=O)[C@H](OCc2ccccc2)[C@H]1OCc1ccccc1. The maximum Gasteiger partial charge on any atom is 0.303 e. The van der Waals surface area contributed by atoms with Crippen molar-refractivity contribution in [2.75, 3.05) is 6.61 Å². The molecular formula is C31H34O6. The zero-order valence-corrected chi connectivity index (χ0v) is 21.1. The largest absolute Gasteiger partial charge is 0.457 e. The quantitative estimate of drug-likeness (QED) is 0.235. The van der Waals surface area contributed by atoms with Crippen molar-refractivity contribution in [2.24, 2.45) is 0 Å². The molecule has 0 unspecified atom stereocenters. The summed E-state index contributed by atoms with van der Waals surface area (Å²) in [6.07, 6.45) is -0.983. The average molecular weight is 503 g/mol. The van der Waals surface area contributed by atoms with Crippen molar-refractivity contribution in [3.8, 4) is 0 Å². The summed E-state index contributed by atoms with van der Waals surface area (Å²) in [7, 11) is 0. The summed E-state index contributed by atoms with van der Waals surface area (Å²) in [4.78, 5) is 12.0. The first-order valence-electron chi connectivity index (χ1n) is 12.5. The molecule has 1 saturated heterocycles. The Morgan fingerprint density at radius 2 is 1.30 bits per heavy atom. The first-order chi connectivity index (χ1) is 18.1. The van der Waals surface area contributed by atoms with Crippen LogP contribution in [0.3, 0.4) is 0 Å². The summed E-state index contributed by atoms with van der Waals surface area (Å²) in [6.45, 7) is 6.63. The van der Waals surface area contributed by atoms with Crippen molar-refractivity contribution in [1.29, 1.82) is 0 Å². The molecule has 0 saturated carbocycles. The van der Waals surface area contributed by atoms with E-state index in [1.807, 2.05) is 91.0 Å². The Hall–Kier alpha value is -3.29. The van der Waals surface area contributed by atoms with E-state index in [9.17, 15) is 4.79 Å². The number of ether oxygens (including phenoxy) is 5. The van der Waals surface area contributed by atoms with Crippen LogP contribution in [0.5, 0.6) is 0 Å². The second-order valence-corrected chi connectivity index (χ2v) is 8.97. The van der Waals surface area contributed by atoms with Gasteiger partial charge in [0, 0.05) is 6.92 Å². The van der Waals surface area contributed by atoms with Crippen LogP contribution < -0.4 is 0 Å². The van der Waals surface area contributed by atoms with Gasteiger partial charge in [-0.05, 0) is 16.7 Å². The number of hydrogen-bond acceptors (Lipinski definition) is 6. The Labute approximate surface area is 218 Å². The topological polar surface area (TPSA) is 63.2 Å². The molecule has 0 N–H and O–H groups in total. The number of esters is 1. The van der Waals surface area contributed by atoms with Crippen LogP contribution in [0.25, 0.3) is 0 Å². The van der Waals surface area contributed by atoms with Crippen LogP contribution >= 0.6 is 0 Å². The van der Waals surface area contributed by atoms with Crippen LogP contribution in [0, 0.1) is 0 Å². The average Bonchev–Trinajstić information content (AvgIpc) is 3.29. The van der Waals surface area contributed by atoms with Crippen LogP contribution in [0.2, 0.25) is 0 Å². The third kappa shape index (κ3) is 7.84. The molecule has 194 valence electrons. The van der Waals surface area contributed by atoms with Crippen molar-refractivity contribution in [3.05, 3.63) is 120 Å². The lowest BCUT2D eigenvalue weighted by Crippen LogP contribution is -2.45. The minimum absolute atomic E-state index is 0.152. The molecule has 0 aliphatic carbocycles. The van der Waals surface area contributed by atoms with Crippen molar-refractivity contribution in [3.63, 3.8) is 0 Å². The second-order valence-electron chi connectivity index (χ2n) is 8.97. The summed E-state index contributed by atoms with van der Waals surface area (Å²) in [6, 6.07) is 29.7. The molecule has 1 heterocycles. The van der Waals surface area contributed by atoms with Gasteiger partial charge < -0.3 is 23.7 Å². The predicted molar refractivity (Wildman–Crippen MR) is 141 cm³/mol. The Bertz CT molecular complexity index is 1090. The van der Waals surface area contributed by atoms with Gasteiger partial charge in [-0.3, -0.25) is 4.79 Å². The third-order valence-corrected chi connectivity index (χ3v) is 6.17. The van der Waals surface area contributed by atoms with Crippen molar-refractivity contribution in [2.45, 2.75) is 57.3 Å². The molecule has 0 spiro atoms. The molecule has 1 aliphatic heterocycles. The molecule has 0 radical (unpaired) electrons. The van der Waals surface area contributed by atoms with Gasteiger partial charge in [-0.25, -0.2) is 0 Å². The molecule has 0 aromatic heterocycles. The second kappa shape index (κ2) is 13.9. The molecule has 4 rings (SSSR count). The highest BCUT2D eigenvalue weighted by molar-refractivity contribution is 5.66. The van der Waals surface area contributed by atoms with Crippen molar-refractivity contribution < 1.29 is 28.5 Å². The number of carbonyl (C=O) groups excluding carboxylic acids is 1. The molecule has 6 heteroatoms.